The van der Waals surface area contributed by atoms with Crippen LogP contribution < -0.4 is 4.72 Å². The third-order valence-corrected chi connectivity index (χ3v) is 6.06. The molecule has 1 aromatic carbocycles. The first-order chi connectivity index (χ1) is 11.3. The topological polar surface area (TPSA) is 79.8 Å². The number of para-hydroxylation sites is 1. The molecule has 0 aliphatic heterocycles. The minimum Gasteiger partial charge on any atom is -0.361 e. The summed E-state index contributed by atoms with van der Waals surface area (Å²) in [5, 5.41) is 5.15. The van der Waals surface area contributed by atoms with Gasteiger partial charge in [-0.05, 0) is 38.3 Å². The number of nitrogens with one attached hydrogen (secondary N) is 2. The Kier molecular flexibility index (Phi) is 4.23. The first kappa shape index (κ1) is 16.7. The molecule has 0 aliphatic carbocycles. The predicted molar refractivity (Wildman–Crippen MR) is 94.5 cm³/mol. The van der Waals surface area contributed by atoms with Crippen LogP contribution in [-0.2, 0) is 23.5 Å². The van der Waals surface area contributed by atoms with Crippen LogP contribution >= 0.6 is 0 Å². The highest BCUT2D eigenvalue weighted by atomic mass is 32.2. The van der Waals surface area contributed by atoms with Crippen molar-refractivity contribution >= 4 is 20.9 Å². The van der Waals surface area contributed by atoms with Crippen LogP contribution in [-0.4, -0.2) is 29.2 Å². The van der Waals surface area contributed by atoms with E-state index in [4.69, 9.17) is 0 Å². The smallest absolute Gasteiger partial charge is 0.244 e. The van der Waals surface area contributed by atoms with E-state index in [2.05, 4.69) is 33.9 Å². The minimum atomic E-state index is -3.58. The van der Waals surface area contributed by atoms with Crippen LogP contribution in [0.3, 0.4) is 0 Å². The zero-order chi connectivity index (χ0) is 17.5. The number of fused-ring (bicyclic) bond motifs is 1. The normalized spacial score (nSPS) is 13.5. The number of aromatic nitrogens is 3. The van der Waals surface area contributed by atoms with Crippen LogP contribution in [0.1, 0.15) is 23.7 Å². The van der Waals surface area contributed by atoms with Crippen molar-refractivity contribution in [1.29, 1.82) is 0 Å². The first-order valence-corrected chi connectivity index (χ1v) is 9.34. The fourth-order valence-electron chi connectivity index (χ4n) is 2.98. The number of benzene rings is 1. The molecule has 0 fully saturated rings. The van der Waals surface area contributed by atoms with Gasteiger partial charge in [-0.1, -0.05) is 18.2 Å². The number of aromatic amines is 1. The van der Waals surface area contributed by atoms with Crippen molar-refractivity contribution in [3.8, 4) is 0 Å². The van der Waals surface area contributed by atoms with Gasteiger partial charge in [-0.3, -0.25) is 4.68 Å². The highest BCUT2D eigenvalue weighted by Crippen LogP contribution is 2.23. The highest BCUT2D eigenvalue weighted by Gasteiger charge is 2.22. The van der Waals surface area contributed by atoms with Gasteiger partial charge in [0.25, 0.3) is 0 Å². The van der Waals surface area contributed by atoms with Crippen molar-refractivity contribution < 1.29 is 8.42 Å². The molecule has 0 bridgehead atoms. The van der Waals surface area contributed by atoms with Crippen LogP contribution in [0.15, 0.2) is 35.5 Å². The van der Waals surface area contributed by atoms with Gasteiger partial charge in [0, 0.05) is 30.2 Å². The molecule has 6 nitrogen and oxygen atoms in total. The van der Waals surface area contributed by atoms with Gasteiger partial charge < -0.3 is 4.98 Å². The Morgan fingerprint density at radius 2 is 2.08 bits per heavy atom. The Labute approximate surface area is 141 Å². The number of aryl methyl sites for hydroxylation is 2. The number of sulfonamides is 1. The van der Waals surface area contributed by atoms with Crippen molar-refractivity contribution in [2.75, 3.05) is 0 Å². The van der Waals surface area contributed by atoms with E-state index in [-0.39, 0.29) is 10.9 Å². The second-order valence-corrected chi connectivity index (χ2v) is 7.94. The maximum Gasteiger partial charge on any atom is 0.244 e. The predicted octanol–water partition coefficient (Wildman–Crippen LogP) is 2.43. The zero-order valence-electron chi connectivity index (χ0n) is 14.3. The fraction of sp³-hybridized carbons (Fsp3) is 0.353. The molecule has 3 rings (SSSR count). The number of nitrogens with zero attached hydrogens (tertiary/aromatic N) is 2. The molecule has 2 aromatic heterocycles. The molecular weight excluding hydrogens is 324 g/mol. The Morgan fingerprint density at radius 3 is 2.75 bits per heavy atom. The summed E-state index contributed by atoms with van der Waals surface area (Å²) in [7, 11) is -1.85. The Morgan fingerprint density at radius 1 is 1.33 bits per heavy atom. The highest BCUT2D eigenvalue weighted by molar-refractivity contribution is 7.89. The number of rotatable bonds is 5. The average Bonchev–Trinajstić information content (AvgIpc) is 3.05. The van der Waals surface area contributed by atoms with Crippen LogP contribution in [0, 0.1) is 13.8 Å². The number of H-pyrrole nitrogens is 1. The van der Waals surface area contributed by atoms with Gasteiger partial charge in [-0.25, -0.2) is 13.1 Å². The molecule has 0 saturated heterocycles. The van der Waals surface area contributed by atoms with Crippen LogP contribution in [0.25, 0.3) is 10.9 Å². The molecule has 24 heavy (non-hydrogen) atoms. The summed E-state index contributed by atoms with van der Waals surface area (Å²) in [5.41, 5.74) is 4.01. The Hall–Kier alpha value is -2.12. The van der Waals surface area contributed by atoms with Crippen molar-refractivity contribution in [1.82, 2.24) is 19.5 Å². The molecule has 0 radical (unpaired) electrons. The van der Waals surface area contributed by atoms with Gasteiger partial charge in [0.05, 0.1) is 11.9 Å². The summed E-state index contributed by atoms with van der Waals surface area (Å²) in [6.07, 6.45) is 3.96. The van der Waals surface area contributed by atoms with Crippen molar-refractivity contribution in [2.45, 2.75) is 38.1 Å². The molecule has 0 saturated carbocycles. The van der Waals surface area contributed by atoms with Gasteiger partial charge in [0.15, 0.2) is 0 Å². The Balaban J connectivity index is 1.81. The Bertz CT molecular complexity index is 985. The monoisotopic (exact) mass is 346 g/mol. The van der Waals surface area contributed by atoms with E-state index in [1.165, 1.54) is 11.8 Å². The number of hydrogen-bond acceptors (Lipinski definition) is 3. The van der Waals surface area contributed by atoms with Crippen molar-refractivity contribution in [2.24, 2.45) is 7.05 Å². The molecule has 0 spiro atoms. The lowest BCUT2D eigenvalue weighted by molar-refractivity contribution is 0.559. The molecule has 3 aromatic rings. The van der Waals surface area contributed by atoms with Crippen molar-refractivity contribution in [3.05, 3.63) is 47.4 Å². The van der Waals surface area contributed by atoms with Crippen LogP contribution in [0.2, 0.25) is 0 Å². The molecule has 0 aliphatic rings. The van der Waals surface area contributed by atoms with Gasteiger partial charge >= 0.3 is 0 Å². The summed E-state index contributed by atoms with van der Waals surface area (Å²) >= 11 is 0. The lowest BCUT2D eigenvalue weighted by Crippen LogP contribution is -2.34. The van der Waals surface area contributed by atoms with E-state index >= 15 is 0 Å². The molecule has 2 N–H and O–H groups in total. The number of hydrogen-bond donors (Lipinski definition) is 2. The molecule has 0 amide bonds. The quantitative estimate of drug-likeness (QED) is 0.744. The maximum atomic E-state index is 12.6. The summed E-state index contributed by atoms with van der Waals surface area (Å²) in [6.45, 7) is 5.67. The SMILES string of the molecule is Cc1cccc2c(C[C@H](C)NS(=O)(=O)c3cnn(C)c3C)c[nH]c12. The van der Waals surface area contributed by atoms with E-state index in [0.717, 1.165) is 16.5 Å². The standard InChI is InChI=1S/C17H22N4O2S/c1-11-6-5-7-15-14(9-18-17(11)15)8-12(2)20-24(22,23)16-10-19-21(4)13(16)3/h5-7,9-10,12,18,20H,8H2,1-4H3/t12-/m0/s1. The second kappa shape index (κ2) is 6.07. The van der Waals surface area contributed by atoms with Crippen molar-refractivity contribution in [3.63, 3.8) is 0 Å². The van der Waals surface area contributed by atoms with Crippen LogP contribution in [0.5, 0.6) is 0 Å². The van der Waals surface area contributed by atoms with E-state index in [1.807, 2.05) is 19.2 Å². The van der Waals surface area contributed by atoms with Gasteiger partial charge in [0.2, 0.25) is 10.0 Å². The molecule has 128 valence electrons. The first-order valence-electron chi connectivity index (χ1n) is 7.86. The van der Waals surface area contributed by atoms with Gasteiger partial charge in [-0.15, -0.1) is 0 Å². The van der Waals surface area contributed by atoms with E-state index in [9.17, 15) is 8.42 Å². The molecule has 0 unspecified atom stereocenters. The fourth-order valence-corrected chi connectivity index (χ4v) is 4.42. The van der Waals surface area contributed by atoms with Gasteiger partial charge in [-0.2, -0.15) is 5.10 Å². The third-order valence-electron chi connectivity index (χ3n) is 4.37. The molecule has 7 heteroatoms. The van der Waals surface area contributed by atoms with Gasteiger partial charge in [0.1, 0.15) is 4.90 Å². The largest absolute Gasteiger partial charge is 0.361 e. The van der Waals surface area contributed by atoms with Crippen LogP contribution in [0.4, 0.5) is 0 Å². The summed E-state index contributed by atoms with van der Waals surface area (Å²) in [4.78, 5) is 3.51. The van der Waals surface area contributed by atoms with E-state index < -0.39 is 10.0 Å². The third kappa shape index (κ3) is 2.97. The van der Waals surface area contributed by atoms with E-state index in [1.54, 1.807) is 18.7 Å². The summed E-state index contributed by atoms with van der Waals surface area (Å²) in [6, 6.07) is 5.90. The molecular formula is C17H22N4O2S. The zero-order valence-corrected chi connectivity index (χ0v) is 15.1. The minimum absolute atomic E-state index is 0.228. The second-order valence-electron chi connectivity index (χ2n) is 6.26. The lowest BCUT2D eigenvalue weighted by atomic mass is 10.1. The maximum absolute atomic E-state index is 12.6. The summed E-state index contributed by atoms with van der Waals surface area (Å²) < 4.78 is 29.4. The van der Waals surface area contributed by atoms with E-state index in [0.29, 0.717) is 12.1 Å². The summed E-state index contributed by atoms with van der Waals surface area (Å²) in [5.74, 6) is 0. The lowest BCUT2D eigenvalue weighted by Gasteiger charge is -2.13. The molecule has 1 atom stereocenters. The molecule has 2 heterocycles. The average molecular weight is 346 g/mol.